The molecule has 4 rings (SSSR count). The monoisotopic (exact) mass is 632 g/mol. The van der Waals surface area contributed by atoms with Crippen molar-refractivity contribution in [2.24, 2.45) is 0 Å². The molecule has 1 fully saturated rings. The van der Waals surface area contributed by atoms with Gasteiger partial charge in [-0.3, -0.25) is 14.9 Å². The molecule has 0 bridgehead atoms. The van der Waals surface area contributed by atoms with E-state index in [0.717, 1.165) is 12.1 Å². The van der Waals surface area contributed by atoms with Crippen molar-refractivity contribution < 1.29 is 37.0 Å². The number of alkyl halides is 3. The minimum atomic E-state index is -4.78. The summed E-state index contributed by atoms with van der Waals surface area (Å²) in [5.41, 5.74) is -1.49. The molecule has 1 aliphatic heterocycles. The number of hydrogen-bond donors (Lipinski definition) is 1. The molecule has 4 amide bonds. The molecule has 0 spiro atoms. The van der Waals surface area contributed by atoms with Crippen molar-refractivity contribution in [2.75, 3.05) is 12.0 Å². The molecule has 3 aromatic rings. The second-order valence-electron chi connectivity index (χ2n) is 8.18. The van der Waals surface area contributed by atoms with Gasteiger partial charge in [-0.25, -0.2) is 9.69 Å². The molecule has 1 aliphatic rings. The van der Waals surface area contributed by atoms with E-state index >= 15 is 0 Å². The molecule has 14 heteroatoms. The first kappa shape index (κ1) is 29.5. The number of imide groups is 2. The molecular formula is C26H15Cl4F3N2O5. The Balaban J connectivity index is 1.68. The zero-order chi connectivity index (χ0) is 29.4. The number of methoxy groups -OCH3 is 1. The highest BCUT2D eigenvalue weighted by Gasteiger charge is 2.39. The summed E-state index contributed by atoms with van der Waals surface area (Å²) in [6.07, 6.45) is -3.69. The number of rotatable bonds is 6. The number of benzene rings is 3. The number of hydrogen-bond acceptors (Lipinski definition) is 5. The number of ether oxygens (including phenoxy) is 2. The van der Waals surface area contributed by atoms with Crippen LogP contribution in [-0.4, -0.2) is 25.0 Å². The molecule has 40 heavy (non-hydrogen) atoms. The molecule has 0 atom stereocenters. The number of urea groups is 1. The fraction of sp³-hybridized carbons (Fsp3) is 0.115. The Morgan fingerprint density at radius 3 is 2.30 bits per heavy atom. The van der Waals surface area contributed by atoms with Gasteiger partial charge in [0.05, 0.1) is 28.4 Å². The Kier molecular flexibility index (Phi) is 8.55. The van der Waals surface area contributed by atoms with Crippen LogP contribution in [0.3, 0.4) is 0 Å². The van der Waals surface area contributed by atoms with Crippen LogP contribution in [0.5, 0.6) is 11.5 Å². The number of carbonyl (C=O) groups is 3. The third kappa shape index (κ3) is 6.15. The van der Waals surface area contributed by atoms with E-state index in [4.69, 9.17) is 55.9 Å². The molecule has 0 unspecified atom stereocenters. The zero-order valence-electron chi connectivity index (χ0n) is 20.0. The summed E-state index contributed by atoms with van der Waals surface area (Å²) in [5, 5.41) is 2.45. The first-order chi connectivity index (χ1) is 18.8. The molecule has 1 saturated heterocycles. The lowest BCUT2D eigenvalue weighted by molar-refractivity contribution is -0.137. The molecule has 0 aliphatic carbocycles. The highest BCUT2D eigenvalue weighted by Crippen LogP contribution is 2.39. The van der Waals surface area contributed by atoms with E-state index in [1.165, 1.54) is 19.2 Å². The predicted octanol–water partition coefficient (Wildman–Crippen LogP) is 7.57. The molecule has 1 heterocycles. The van der Waals surface area contributed by atoms with Crippen molar-refractivity contribution in [2.45, 2.75) is 12.8 Å². The van der Waals surface area contributed by atoms with Gasteiger partial charge in [-0.1, -0.05) is 52.5 Å². The van der Waals surface area contributed by atoms with Crippen molar-refractivity contribution in [1.82, 2.24) is 5.32 Å². The topological polar surface area (TPSA) is 84.9 Å². The van der Waals surface area contributed by atoms with Gasteiger partial charge >= 0.3 is 12.2 Å². The summed E-state index contributed by atoms with van der Waals surface area (Å²) in [5.74, 6) is -2.03. The van der Waals surface area contributed by atoms with Crippen LogP contribution in [-0.2, 0) is 22.4 Å². The molecule has 3 aromatic carbocycles. The fourth-order valence-corrected chi connectivity index (χ4v) is 4.59. The number of carbonyl (C=O) groups excluding carboxylic acids is 3. The van der Waals surface area contributed by atoms with E-state index in [2.05, 4.69) is 0 Å². The average Bonchev–Trinajstić information content (AvgIpc) is 2.86. The Labute approximate surface area is 245 Å². The van der Waals surface area contributed by atoms with Gasteiger partial charge in [-0.05, 0) is 54.1 Å². The summed E-state index contributed by atoms with van der Waals surface area (Å²) in [4.78, 5) is 38.6. The third-order valence-electron chi connectivity index (χ3n) is 5.57. The van der Waals surface area contributed by atoms with Crippen molar-refractivity contribution in [3.05, 3.63) is 90.9 Å². The van der Waals surface area contributed by atoms with Crippen LogP contribution in [0, 0.1) is 0 Å². The molecule has 0 radical (unpaired) electrons. The number of anilines is 1. The quantitative estimate of drug-likeness (QED) is 0.224. The Morgan fingerprint density at radius 2 is 1.65 bits per heavy atom. The van der Waals surface area contributed by atoms with Crippen LogP contribution in [0.2, 0.25) is 20.1 Å². The lowest BCUT2D eigenvalue weighted by atomic mass is 10.1. The minimum Gasteiger partial charge on any atom is -0.493 e. The summed E-state index contributed by atoms with van der Waals surface area (Å²) < 4.78 is 50.9. The van der Waals surface area contributed by atoms with Crippen LogP contribution < -0.4 is 19.7 Å². The van der Waals surface area contributed by atoms with E-state index in [1.807, 2.05) is 5.32 Å². The highest BCUT2D eigenvalue weighted by atomic mass is 35.5. The summed E-state index contributed by atoms with van der Waals surface area (Å²) >= 11 is 24.5. The lowest BCUT2D eigenvalue weighted by Gasteiger charge is -2.27. The maximum Gasteiger partial charge on any atom is 0.416 e. The normalized spacial score (nSPS) is 14.9. The molecule has 1 N–H and O–H groups in total. The van der Waals surface area contributed by atoms with E-state index in [1.54, 1.807) is 18.2 Å². The second kappa shape index (κ2) is 11.6. The van der Waals surface area contributed by atoms with E-state index in [9.17, 15) is 27.6 Å². The summed E-state index contributed by atoms with van der Waals surface area (Å²) in [6, 6.07) is 8.45. The minimum absolute atomic E-state index is 0.00221. The van der Waals surface area contributed by atoms with E-state index in [0.29, 0.717) is 32.6 Å². The smallest absolute Gasteiger partial charge is 0.416 e. The Bertz CT molecular complexity index is 1580. The van der Waals surface area contributed by atoms with Crippen LogP contribution >= 0.6 is 46.4 Å². The van der Waals surface area contributed by atoms with Gasteiger partial charge in [0.1, 0.15) is 12.2 Å². The van der Waals surface area contributed by atoms with E-state index in [-0.39, 0.29) is 33.7 Å². The van der Waals surface area contributed by atoms with Crippen molar-refractivity contribution >= 4 is 76.0 Å². The molecule has 0 aromatic heterocycles. The predicted molar refractivity (Wildman–Crippen MR) is 144 cm³/mol. The van der Waals surface area contributed by atoms with Gasteiger partial charge in [0.25, 0.3) is 11.8 Å². The summed E-state index contributed by atoms with van der Waals surface area (Å²) in [6.45, 7) is 0.00221. The Hall–Kier alpha value is -3.44. The van der Waals surface area contributed by atoms with Crippen LogP contribution in [0.1, 0.15) is 16.7 Å². The number of nitrogens with zero attached hydrogens (tertiary/aromatic N) is 1. The highest BCUT2D eigenvalue weighted by molar-refractivity contribution is 6.42. The third-order valence-corrected chi connectivity index (χ3v) is 6.75. The lowest BCUT2D eigenvalue weighted by Crippen LogP contribution is -2.54. The van der Waals surface area contributed by atoms with Gasteiger partial charge in [0.2, 0.25) is 0 Å². The molecular weight excluding hydrogens is 619 g/mol. The van der Waals surface area contributed by atoms with Crippen molar-refractivity contribution in [3.8, 4) is 11.5 Å². The zero-order valence-corrected chi connectivity index (χ0v) is 23.1. The SMILES string of the molecule is COc1cc(/C=C2/C(=O)NC(=O)N(c3cc(C(F)(F)F)ccc3Cl)C2=O)cc(Cl)c1OCc1ccc(Cl)cc1Cl. The molecule has 0 saturated carbocycles. The molecule has 208 valence electrons. The first-order valence-electron chi connectivity index (χ1n) is 11.0. The summed E-state index contributed by atoms with van der Waals surface area (Å²) in [7, 11) is 1.33. The number of halogens is 7. The maximum absolute atomic E-state index is 13.3. The Morgan fingerprint density at radius 1 is 0.925 bits per heavy atom. The molecule has 7 nitrogen and oxygen atoms in total. The van der Waals surface area contributed by atoms with Gasteiger partial charge < -0.3 is 9.47 Å². The maximum atomic E-state index is 13.3. The standard InChI is InChI=1S/C26H15Cl4F3N2O5/c1-39-21-8-12(7-19(30)22(21)40-11-13-2-4-15(27)10-18(13)29)6-16-23(36)34-25(38)35(24(16)37)20-9-14(26(31,32)33)3-5-17(20)28/h2-10H,11H2,1H3,(H,34,36,38)/b16-6-. The van der Waals surface area contributed by atoms with Gasteiger partial charge in [0, 0.05) is 15.6 Å². The fourth-order valence-electron chi connectivity index (χ4n) is 3.66. The van der Waals surface area contributed by atoms with Crippen molar-refractivity contribution in [3.63, 3.8) is 0 Å². The number of barbiturate groups is 1. The number of amides is 4. The van der Waals surface area contributed by atoms with Crippen molar-refractivity contribution in [1.29, 1.82) is 0 Å². The largest absolute Gasteiger partial charge is 0.493 e. The number of nitrogens with one attached hydrogen (secondary N) is 1. The van der Waals surface area contributed by atoms with Gasteiger partial charge in [-0.15, -0.1) is 0 Å². The van der Waals surface area contributed by atoms with Crippen LogP contribution in [0.15, 0.2) is 54.1 Å². The second-order valence-corrected chi connectivity index (χ2v) is 9.84. The van der Waals surface area contributed by atoms with Crippen LogP contribution in [0.25, 0.3) is 6.08 Å². The first-order valence-corrected chi connectivity index (χ1v) is 12.5. The van der Waals surface area contributed by atoms with Gasteiger partial charge in [0.15, 0.2) is 11.5 Å². The van der Waals surface area contributed by atoms with Crippen LogP contribution in [0.4, 0.5) is 23.7 Å². The van der Waals surface area contributed by atoms with E-state index < -0.39 is 40.8 Å². The van der Waals surface area contributed by atoms with Gasteiger partial charge in [-0.2, -0.15) is 13.2 Å². The average molecular weight is 634 g/mol.